The molecule has 0 radical (unpaired) electrons. The Morgan fingerprint density at radius 2 is 1.34 bits per heavy atom. The van der Waals surface area contributed by atoms with Gasteiger partial charge in [-0.25, -0.2) is 0 Å². The highest BCUT2D eigenvalue weighted by Crippen LogP contribution is 2.53. The standard InChI is InChI=1S/C19H25O9P/c1-22-13-8-25-19-15(10-26-17(13)19)28-29(21,11-5-3-2-4-6-11)27-14-9-24-16-12(20)7-23-18(14)16/h2-6,12-20H,7-10H2,1H3/t12-,13+,14+,15-,16-,17-,18-,19-,29?/m1/s1. The van der Waals surface area contributed by atoms with Crippen LogP contribution in [0.3, 0.4) is 0 Å². The van der Waals surface area contributed by atoms with E-state index in [9.17, 15) is 9.67 Å². The monoisotopic (exact) mass is 428 g/mol. The van der Waals surface area contributed by atoms with Crippen molar-refractivity contribution in [2.45, 2.75) is 48.8 Å². The third-order valence-corrected chi connectivity index (χ3v) is 7.90. The van der Waals surface area contributed by atoms with Crippen molar-refractivity contribution >= 4 is 12.9 Å². The van der Waals surface area contributed by atoms with Crippen LogP contribution in [0.1, 0.15) is 0 Å². The van der Waals surface area contributed by atoms with Crippen LogP contribution in [0.25, 0.3) is 0 Å². The number of fused-ring (bicyclic) bond motifs is 2. The highest BCUT2D eigenvalue weighted by Gasteiger charge is 2.54. The van der Waals surface area contributed by atoms with Crippen molar-refractivity contribution in [3.05, 3.63) is 30.3 Å². The molecule has 0 aliphatic carbocycles. The summed E-state index contributed by atoms with van der Waals surface area (Å²) in [5, 5.41) is 10.4. The fourth-order valence-electron chi connectivity index (χ4n) is 4.37. The highest BCUT2D eigenvalue weighted by molar-refractivity contribution is 7.62. The Hall–Kier alpha value is -0.870. The lowest BCUT2D eigenvalue weighted by molar-refractivity contribution is -0.0199. The first kappa shape index (κ1) is 20.1. The van der Waals surface area contributed by atoms with Gasteiger partial charge in [0, 0.05) is 7.11 Å². The topological polar surface area (TPSA) is 102 Å². The van der Waals surface area contributed by atoms with E-state index in [4.69, 9.17) is 32.7 Å². The number of aliphatic hydroxyl groups is 1. The normalized spacial score (nSPS) is 43.2. The Bertz CT molecular complexity index is 761. The number of hydrogen-bond donors (Lipinski definition) is 1. The molecular weight excluding hydrogens is 403 g/mol. The molecule has 0 aromatic heterocycles. The van der Waals surface area contributed by atoms with Gasteiger partial charge in [-0.3, -0.25) is 13.6 Å². The Morgan fingerprint density at radius 3 is 2.00 bits per heavy atom. The summed E-state index contributed by atoms with van der Waals surface area (Å²) < 4.78 is 54.3. The highest BCUT2D eigenvalue weighted by atomic mass is 31.2. The smallest absolute Gasteiger partial charge is 0.362 e. The number of methoxy groups -OCH3 is 1. The van der Waals surface area contributed by atoms with Crippen molar-refractivity contribution in [2.24, 2.45) is 0 Å². The van der Waals surface area contributed by atoms with Crippen LogP contribution in [0.15, 0.2) is 30.3 Å². The van der Waals surface area contributed by atoms with Crippen molar-refractivity contribution in [1.82, 2.24) is 0 Å². The van der Waals surface area contributed by atoms with Crippen LogP contribution in [-0.2, 0) is 37.3 Å². The van der Waals surface area contributed by atoms with Gasteiger partial charge in [-0.2, -0.15) is 0 Å². The minimum absolute atomic E-state index is 0.165. The second kappa shape index (κ2) is 8.00. The Labute approximate surface area is 168 Å². The van der Waals surface area contributed by atoms with E-state index < -0.39 is 38.1 Å². The molecule has 9 atom stereocenters. The average molecular weight is 428 g/mol. The quantitative estimate of drug-likeness (QED) is 0.639. The van der Waals surface area contributed by atoms with Crippen LogP contribution in [0.4, 0.5) is 0 Å². The summed E-state index contributed by atoms with van der Waals surface area (Å²) in [6.45, 7) is 0.964. The zero-order valence-corrected chi connectivity index (χ0v) is 16.9. The molecule has 4 heterocycles. The van der Waals surface area contributed by atoms with Crippen LogP contribution < -0.4 is 5.30 Å². The van der Waals surface area contributed by atoms with E-state index >= 15 is 0 Å². The molecule has 9 nitrogen and oxygen atoms in total. The van der Waals surface area contributed by atoms with Crippen LogP contribution in [0.5, 0.6) is 0 Å². The summed E-state index contributed by atoms with van der Waals surface area (Å²) >= 11 is 0. The van der Waals surface area contributed by atoms with E-state index in [1.807, 2.05) is 6.07 Å². The Kier molecular flexibility index (Phi) is 5.53. The van der Waals surface area contributed by atoms with E-state index in [1.165, 1.54) is 0 Å². The maximum absolute atomic E-state index is 14.0. The number of hydrogen-bond acceptors (Lipinski definition) is 9. The lowest BCUT2D eigenvalue weighted by atomic mass is 10.1. The predicted molar refractivity (Wildman–Crippen MR) is 99.2 cm³/mol. The van der Waals surface area contributed by atoms with Crippen LogP contribution in [0, 0.1) is 0 Å². The van der Waals surface area contributed by atoms with Crippen LogP contribution >= 0.6 is 7.60 Å². The van der Waals surface area contributed by atoms with Crippen LogP contribution in [0.2, 0.25) is 0 Å². The zero-order chi connectivity index (χ0) is 20.0. The molecule has 4 fully saturated rings. The number of ether oxygens (including phenoxy) is 5. The molecule has 0 saturated carbocycles. The number of aliphatic hydroxyl groups excluding tert-OH is 1. The molecule has 10 heteroatoms. The first-order chi connectivity index (χ1) is 14.1. The predicted octanol–water partition coefficient (Wildman–Crippen LogP) is 0.247. The van der Waals surface area contributed by atoms with E-state index in [2.05, 4.69) is 0 Å². The maximum Gasteiger partial charge on any atom is 0.362 e. The van der Waals surface area contributed by atoms with Gasteiger partial charge in [0.25, 0.3) is 0 Å². The van der Waals surface area contributed by atoms with Crippen molar-refractivity contribution in [3.63, 3.8) is 0 Å². The molecule has 5 rings (SSSR count). The molecule has 1 aromatic carbocycles. The average Bonchev–Trinajstić information content (AvgIpc) is 3.48. The van der Waals surface area contributed by atoms with E-state index in [0.717, 1.165) is 0 Å². The third-order valence-electron chi connectivity index (χ3n) is 5.87. The number of benzene rings is 1. The van der Waals surface area contributed by atoms with E-state index in [1.54, 1.807) is 31.4 Å². The molecule has 0 bridgehead atoms. The largest absolute Gasteiger partial charge is 0.388 e. The molecule has 1 unspecified atom stereocenters. The van der Waals surface area contributed by atoms with Gasteiger partial charge in [0.15, 0.2) is 0 Å². The van der Waals surface area contributed by atoms with Crippen molar-refractivity contribution < 1.29 is 42.4 Å². The van der Waals surface area contributed by atoms with Crippen molar-refractivity contribution in [1.29, 1.82) is 0 Å². The lowest BCUT2D eigenvalue weighted by Gasteiger charge is -2.27. The van der Waals surface area contributed by atoms with Gasteiger partial charge < -0.3 is 28.8 Å². The third kappa shape index (κ3) is 3.59. The molecule has 4 saturated heterocycles. The van der Waals surface area contributed by atoms with Gasteiger partial charge in [-0.15, -0.1) is 0 Å². The van der Waals surface area contributed by atoms with E-state index in [-0.39, 0.29) is 38.1 Å². The second-order valence-electron chi connectivity index (χ2n) is 7.65. The second-order valence-corrected chi connectivity index (χ2v) is 9.59. The Morgan fingerprint density at radius 1 is 0.828 bits per heavy atom. The van der Waals surface area contributed by atoms with Gasteiger partial charge >= 0.3 is 7.60 Å². The SMILES string of the molecule is CO[C@H]1CO[C@H]2[C@@H]1OC[C@H]2OP(=O)(O[C@H]1CO[C@H]2[C@@H]1OC[C@H]2O)c1ccccc1. The lowest BCUT2D eigenvalue weighted by Crippen LogP contribution is -2.36. The van der Waals surface area contributed by atoms with Gasteiger partial charge in [-0.1, -0.05) is 18.2 Å². The molecule has 29 heavy (non-hydrogen) atoms. The summed E-state index contributed by atoms with van der Waals surface area (Å²) in [5.41, 5.74) is 0. The summed E-state index contributed by atoms with van der Waals surface area (Å²) in [4.78, 5) is 0. The summed E-state index contributed by atoms with van der Waals surface area (Å²) in [7, 11) is -2.15. The minimum atomic E-state index is -3.76. The summed E-state index contributed by atoms with van der Waals surface area (Å²) in [6.07, 6.45) is -3.67. The molecule has 4 aliphatic heterocycles. The molecule has 4 aliphatic rings. The first-order valence-corrected chi connectivity index (χ1v) is 11.3. The molecule has 1 aromatic rings. The van der Waals surface area contributed by atoms with Gasteiger partial charge in [0.2, 0.25) is 0 Å². The molecule has 160 valence electrons. The molecule has 0 amide bonds. The van der Waals surface area contributed by atoms with Crippen molar-refractivity contribution in [2.75, 3.05) is 33.5 Å². The van der Waals surface area contributed by atoms with Gasteiger partial charge in [-0.05, 0) is 12.1 Å². The van der Waals surface area contributed by atoms with Crippen molar-refractivity contribution in [3.8, 4) is 0 Å². The van der Waals surface area contributed by atoms with Crippen LogP contribution in [-0.4, -0.2) is 87.5 Å². The van der Waals surface area contributed by atoms with Gasteiger partial charge in [0.1, 0.15) is 48.8 Å². The van der Waals surface area contributed by atoms with E-state index in [0.29, 0.717) is 11.9 Å². The zero-order valence-electron chi connectivity index (χ0n) is 16.0. The minimum Gasteiger partial charge on any atom is -0.388 e. The first-order valence-electron chi connectivity index (χ1n) is 9.79. The fourth-order valence-corrected chi connectivity index (χ4v) is 6.27. The fraction of sp³-hybridized carbons (Fsp3) is 0.684. The molecule has 0 spiro atoms. The Balaban J connectivity index is 1.37. The van der Waals surface area contributed by atoms with Gasteiger partial charge in [0.05, 0.1) is 31.7 Å². The number of rotatable bonds is 6. The summed E-state index contributed by atoms with van der Waals surface area (Å²) in [6, 6.07) is 8.80. The molecule has 1 N–H and O–H groups in total. The summed E-state index contributed by atoms with van der Waals surface area (Å²) in [5.74, 6) is 0. The molecular formula is C19H25O9P. The maximum atomic E-state index is 14.0.